The first-order valence-electron chi connectivity index (χ1n) is 11.0. The lowest BCUT2D eigenvalue weighted by Gasteiger charge is -2.13. The molecule has 0 bridgehead atoms. The van der Waals surface area contributed by atoms with Gasteiger partial charge in [0.25, 0.3) is 0 Å². The molecule has 0 saturated carbocycles. The van der Waals surface area contributed by atoms with Crippen molar-refractivity contribution in [3.63, 3.8) is 0 Å². The van der Waals surface area contributed by atoms with E-state index in [1.54, 1.807) is 37.2 Å². The Morgan fingerprint density at radius 2 is 1.72 bits per heavy atom. The van der Waals surface area contributed by atoms with Crippen molar-refractivity contribution in [3.8, 4) is 23.0 Å². The van der Waals surface area contributed by atoms with Gasteiger partial charge in [-0.1, -0.05) is 18.2 Å². The fourth-order valence-corrected chi connectivity index (χ4v) is 3.94. The highest BCUT2D eigenvalue weighted by molar-refractivity contribution is 5.92. The van der Waals surface area contributed by atoms with E-state index in [4.69, 9.17) is 9.47 Å². The molecule has 0 atom stereocenters. The van der Waals surface area contributed by atoms with Gasteiger partial charge in [0.2, 0.25) is 0 Å². The second-order valence-corrected chi connectivity index (χ2v) is 8.04. The van der Waals surface area contributed by atoms with Crippen molar-refractivity contribution in [2.75, 3.05) is 19.5 Å². The number of hydrogen-bond acceptors (Lipinski definition) is 7. The molecule has 36 heavy (non-hydrogen) atoms. The zero-order valence-electron chi connectivity index (χ0n) is 19.8. The first-order valence-corrected chi connectivity index (χ1v) is 11.0. The second kappa shape index (κ2) is 9.57. The first kappa shape index (κ1) is 23.2. The molecular weight excluding hydrogens is 466 g/mol. The summed E-state index contributed by atoms with van der Waals surface area (Å²) in [6, 6.07) is 11.8. The number of anilines is 2. The summed E-state index contributed by atoms with van der Waals surface area (Å²) in [6.45, 7) is 1.56. The molecule has 0 fully saturated rings. The molecule has 0 saturated heterocycles. The third kappa shape index (κ3) is 4.28. The van der Waals surface area contributed by atoms with E-state index in [1.807, 2.05) is 24.3 Å². The number of pyridine rings is 1. The third-order valence-electron chi connectivity index (χ3n) is 5.70. The Labute approximate surface area is 205 Å². The lowest BCUT2D eigenvalue weighted by molar-refractivity contribution is 0.411. The molecule has 10 heteroatoms. The van der Waals surface area contributed by atoms with E-state index < -0.39 is 11.6 Å². The number of aryl methyl sites for hydroxylation is 1. The highest BCUT2D eigenvalue weighted by Gasteiger charge is 2.19. The fraction of sp³-hybridized carbons (Fsp3) is 0.154. The van der Waals surface area contributed by atoms with Gasteiger partial charge in [0.05, 0.1) is 44.4 Å². The zero-order valence-corrected chi connectivity index (χ0v) is 19.8. The lowest BCUT2D eigenvalue weighted by Crippen LogP contribution is -2.07. The molecule has 0 aliphatic carbocycles. The largest absolute Gasteiger partial charge is 0.493 e. The molecule has 1 N–H and O–H groups in total. The average Bonchev–Trinajstić information content (AvgIpc) is 3.25. The molecule has 3 heterocycles. The van der Waals surface area contributed by atoms with Gasteiger partial charge >= 0.3 is 0 Å². The van der Waals surface area contributed by atoms with Crippen molar-refractivity contribution >= 4 is 22.4 Å². The number of halogens is 2. The number of fused-ring (bicyclic) bond motifs is 1. The van der Waals surface area contributed by atoms with Gasteiger partial charge in [0.1, 0.15) is 17.3 Å². The summed E-state index contributed by atoms with van der Waals surface area (Å²) in [4.78, 5) is 13.2. The average molecular weight is 488 g/mol. The SMILES string of the molecule is COc1cnccc1Nc1nc(-c2nn(Cc3c(F)cc(C)cc3F)c3ccccc23)ncc1OC. The van der Waals surface area contributed by atoms with Gasteiger partial charge < -0.3 is 14.8 Å². The van der Waals surface area contributed by atoms with Gasteiger partial charge in [-0.05, 0) is 36.8 Å². The van der Waals surface area contributed by atoms with Crippen LogP contribution >= 0.6 is 0 Å². The Balaban J connectivity index is 1.59. The van der Waals surface area contributed by atoms with Crippen LogP contribution < -0.4 is 14.8 Å². The van der Waals surface area contributed by atoms with E-state index in [0.29, 0.717) is 45.6 Å². The topological polar surface area (TPSA) is 87.0 Å². The van der Waals surface area contributed by atoms with Crippen molar-refractivity contribution in [1.29, 1.82) is 0 Å². The van der Waals surface area contributed by atoms with Crippen LogP contribution in [0.2, 0.25) is 0 Å². The normalized spacial score (nSPS) is 11.0. The van der Waals surface area contributed by atoms with Crippen LogP contribution in [0.5, 0.6) is 11.5 Å². The van der Waals surface area contributed by atoms with Crippen LogP contribution in [-0.2, 0) is 6.54 Å². The maximum absolute atomic E-state index is 14.6. The van der Waals surface area contributed by atoms with Crippen molar-refractivity contribution < 1.29 is 18.3 Å². The summed E-state index contributed by atoms with van der Waals surface area (Å²) in [7, 11) is 3.06. The van der Waals surface area contributed by atoms with Crippen LogP contribution in [0.1, 0.15) is 11.1 Å². The summed E-state index contributed by atoms with van der Waals surface area (Å²) < 4.78 is 41.5. The number of nitrogens with zero attached hydrogens (tertiary/aromatic N) is 5. The van der Waals surface area contributed by atoms with Gasteiger partial charge in [-0.3, -0.25) is 9.67 Å². The van der Waals surface area contributed by atoms with Crippen molar-refractivity contribution in [3.05, 3.63) is 83.8 Å². The molecule has 8 nitrogen and oxygen atoms in total. The number of methoxy groups -OCH3 is 2. The number of hydrogen-bond donors (Lipinski definition) is 1. The fourth-order valence-electron chi connectivity index (χ4n) is 3.94. The summed E-state index contributed by atoms with van der Waals surface area (Å²) in [5.74, 6) is 0.397. The molecule has 0 unspecified atom stereocenters. The van der Waals surface area contributed by atoms with Gasteiger partial charge in [0.15, 0.2) is 23.1 Å². The smallest absolute Gasteiger partial charge is 0.183 e. The van der Waals surface area contributed by atoms with E-state index in [2.05, 4.69) is 25.4 Å². The number of benzene rings is 2. The number of aromatic nitrogens is 5. The molecule has 5 rings (SSSR count). The number of para-hydroxylation sites is 1. The Kier molecular flexibility index (Phi) is 6.16. The van der Waals surface area contributed by atoms with E-state index in [0.717, 1.165) is 5.39 Å². The Bertz CT molecular complexity index is 1550. The molecule has 0 spiro atoms. The summed E-state index contributed by atoms with van der Waals surface area (Å²) in [5, 5.41) is 8.58. The summed E-state index contributed by atoms with van der Waals surface area (Å²) >= 11 is 0. The number of nitrogens with one attached hydrogen (secondary N) is 1. The Hall–Kier alpha value is -4.60. The van der Waals surface area contributed by atoms with E-state index >= 15 is 0 Å². The zero-order chi connectivity index (χ0) is 25.2. The standard InChI is InChI=1S/C26H22F2N6O2/c1-15-10-18(27)17(19(28)11-15)14-34-21-7-5-4-6-16(21)24(33-34)26-30-13-23(36-3)25(32-26)31-20-8-9-29-12-22(20)35-2/h4-13H,14H2,1-3H3,(H,29,30,31,32). The van der Waals surface area contributed by atoms with Gasteiger partial charge in [-0.2, -0.15) is 5.10 Å². The minimum Gasteiger partial charge on any atom is -0.493 e. The Morgan fingerprint density at radius 1 is 0.972 bits per heavy atom. The third-order valence-corrected chi connectivity index (χ3v) is 5.70. The molecule has 0 amide bonds. The van der Waals surface area contributed by atoms with E-state index in [-0.39, 0.29) is 12.1 Å². The summed E-state index contributed by atoms with van der Waals surface area (Å²) in [6.07, 6.45) is 4.73. The predicted octanol–water partition coefficient (Wildman–Crippen LogP) is 5.28. The maximum atomic E-state index is 14.6. The van der Waals surface area contributed by atoms with Crippen LogP contribution in [0, 0.1) is 18.6 Å². The van der Waals surface area contributed by atoms with Gasteiger partial charge in [-0.15, -0.1) is 0 Å². The van der Waals surface area contributed by atoms with Crippen molar-refractivity contribution in [2.24, 2.45) is 0 Å². The predicted molar refractivity (Wildman–Crippen MR) is 132 cm³/mol. The molecule has 0 aliphatic rings. The molecule has 2 aromatic carbocycles. The maximum Gasteiger partial charge on any atom is 0.183 e. The van der Waals surface area contributed by atoms with Crippen LogP contribution in [0.25, 0.3) is 22.4 Å². The molecular formula is C26H22F2N6O2. The van der Waals surface area contributed by atoms with Crippen LogP contribution in [0.4, 0.5) is 20.3 Å². The van der Waals surface area contributed by atoms with Crippen LogP contribution in [-0.4, -0.2) is 39.0 Å². The quantitative estimate of drug-likeness (QED) is 0.333. The molecule has 3 aromatic heterocycles. The van der Waals surface area contributed by atoms with E-state index in [9.17, 15) is 8.78 Å². The molecule has 182 valence electrons. The minimum atomic E-state index is -0.618. The van der Waals surface area contributed by atoms with E-state index in [1.165, 1.54) is 25.4 Å². The Morgan fingerprint density at radius 3 is 2.47 bits per heavy atom. The monoisotopic (exact) mass is 488 g/mol. The van der Waals surface area contributed by atoms with Gasteiger partial charge in [0, 0.05) is 17.1 Å². The molecule has 0 aliphatic heterocycles. The van der Waals surface area contributed by atoms with Crippen LogP contribution in [0.15, 0.2) is 61.1 Å². The van der Waals surface area contributed by atoms with Crippen LogP contribution in [0.3, 0.4) is 0 Å². The highest BCUT2D eigenvalue weighted by Crippen LogP contribution is 2.33. The molecule has 0 radical (unpaired) electrons. The highest BCUT2D eigenvalue weighted by atomic mass is 19.1. The van der Waals surface area contributed by atoms with Gasteiger partial charge in [-0.25, -0.2) is 18.7 Å². The number of rotatable bonds is 7. The second-order valence-electron chi connectivity index (χ2n) is 8.04. The molecule has 5 aromatic rings. The van der Waals surface area contributed by atoms with Crippen molar-refractivity contribution in [1.82, 2.24) is 24.7 Å². The number of ether oxygens (including phenoxy) is 2. The van der Waals surface area contributed by atoms with Crippen molar-refractivity contribution in [2.45, 2.75) is 13.5 Å². The summed E-state index contributed by atoms with van der Waals surface area (Å²) in [5.41, 5.74) is 2.24. The minimum absolute atomic E-state index is 0.0665. The first-order chi connectivity index (χ1) is 17.5. The lowest BCUT2D eigenvalue weighted by atomic mass is 10.1.